The number of phosphoric acid groups is 1. The first-order valence-electron chi connectivity index (χ1n) is 35.1. The van der Waals surface area contributed by atoms with Gasteiger partial charge in [-0.05, 0) is 161 Å². The van der Waals surface area contributed by atoms with Gasteiger partial charge in [-0.1, -0.05) is 277 Å². The zero-order chi connectivity index (χ0) is 66.9. The molecule has 0 saturated heterocycles. The molecule has 0 spiro atoms. The van der Waals surface area contributed by atoms with Crippen LogP contribution in [0, 0.1) is 0 Å². The van der Waals surface area contributed by atoms with Crippen LogP contribution in [0.25, 0.3) is 0 Å². The fraction of sp³-hybridized carbons (Fsp3) is 0.512. The van der Waals surface area contributed by atoms with Gasteiger partial charge in [0.2, 0.25) is 0 Å². The van der Waals surface area contributed by atoms with Crippen molar-refractivity contribution in [3.05, 3.63) is 231 Å². The molecule has 2 atom stereocenters. The predicted octanol–water partition coefficient (Wildman–Crippen LogP) is 23.4. The van der Waals surface area contributed by atoms with Crippen molar-refractivity contribution < 1.29 is 42.1 Å². The third kappa shape index (κ3) is 73.1. The van der Waals surface area contributed by atoms with Crippen molar-refractivity contribution in [1.82, 2.24) is 0 Å². The lowest BCUT2D eigenvalue weighted by atomic mass is 10.1. The van der Waals surface area contributed by atoms with Crippen LogP contribution in [0.1, 0.15) is 219 Å². The summed E-state index contributed by atoms with van der Waals surface area (Å²) < 4.78 is 34.6. The number of hydrogen-bond acceptors (Lipinski definition) is 7. The second kappa shape index (κ2) is 69.4. The van der Waals surface area contributed by atoms with Crippen LogP contribution in [0.2, 0.25) is 0 Å². The van der Waals surface area contributed by atoms with Gasteiger partial charge in [0.15, 0.2) is 6.10 Å². The molecule has 2 unspecified atom stereocenters. The van der Waals surface area contributed by atoms with Crippen molar-refractivity contribution in [2.45, 2.75) is 225 Å². The minimum absolute atomic E-state index is 0.00707. The number of rotatable bonds is 61. The van der Waals surface area contributed by atoms with Crippen molar-refractivity contribution in [2.24, 2.45) is 0 Å². The number of esters is 2. The quantitative estimate of drug-likeness (QED) is 0.0211. The largest absolute Gasteiger partial charge is 0.472 e. The van der Waals surface area contributed by atoms with Gasteiger partial charge in [-0.2, -0.15) is 0 Å². The Bertz CT molecular complexity index is 2400. The Morgan fingerprint density at radius 1 is 0.337 bits per heavy atom. The molecule has 0 amide bonds. The highest BCUT2D eigenvalue weighted by Crippen LogP contribution is 2.43. The van der Waals surface area contributed by atoms with Crippen molar-refractivity contribution in [3.63, 3.8) is 0 Å². The predicted molar refractivity (Wildman–Crippen MR) is 398 cm³/mol. The summed E-state index contributed by atoms with van der Waals surface area (Å²) in [5.74, 6) is -0.882. The molecule has 0 bridgehead atoms. The molecule has 0 radical (unpaired) electrons. The number of allylic oxidation sites excluding steroid dienone is 38. The third-order valence-electron chi connectivity index (χ3n) is 13.7. The molecule has 0 aliphatic heterocycles. The Kier molecular flexibility index (Phi) is 64.9. The SMILES string of the molecule is CC/C=C\C/C=C\C/C=C\C/C=C\C/C=C\C/C=C\C/C=C\C/C=C\C/C=C\C/C=C\CCCCC(=O)OC(COC(=O)CCCCCCCCC/C=C\C/C=C\C/C=C\C/C=C\C/C=C\C/C=C\C/C=C\C/C=C\C/C=C\CC)COP(=O)(O)OCC[N+](C)(C)C. The van der Waals surface area contributed by atoms with Gasteiger partial charge in [0.1, 0.15) is 19.8 Å². The lowest BCUT2D eigenvalue weighted by Crippen LogP contribution is -2.37. The molecule has 512 valence electrons. The summed E-state index contributed by atoms with van der Waals surface area (Å²) in [5.41, 5.74) is 0. The Hall–Kier alpha value is -5.93. The van der Waals surface area contributed by atoms with Crippen molar-refractivity contribution in [1.29, 1.82) is 0 Å². The van der Waals surface area contributed by atoms with Gasteiger partial charge in [-0.25, -0.2) is 4.57 Å². The molecule has 0 heterocycles. The summed E-state index contributed by atoms with van der Waals surface area (Å²) in [4.78, 5) is 35.9. The number of phosphoric ester groups is 1. The number of carbonyl (C=O) groups excluding carboxylic acids is 2. The topological polar surface area (TPSA) is 108 Å². The Morgan fingerprint density at radius 3 is 0.891 bits per heavy atom. The molecule has 0 aliphatic rings. The Morgan fingerprint density at radius 2 is 0.587 bits per heavy atom. The van der Waals surface area contributed by atoms with Crippen molar-refractivity contribution >= 4 is 19.8 Å². The molecule has 0 aromatic rings. The monoisotopic (exact) mass is 1280 g/mol. The van der Waals surface area contributed by atoms with Crippen LogP contribution in [0.3, 0.4) is 0 Å². The van der Waals surface area contributed by atoms with E-state index in [1.165, 1.54) is 19.3 Å². The molecule has 92 heavy (non-hydrogen) atoms. The normalized spacial score (nSPS) is 14.5. The van der Waals surface area contributed by atoms with Crippen LogP contribution in [-0.2, 0) is 32.7 Å². The van der Waals surface area contributed by atoms with E-state index in [1.54, 1.807) is 0 Å². The molecular formula is C82H127NO8P+. The molecule has 9 nitrogen and oxygen atoms in total. The molecule has 0 aromatic carbocycles. The van der Waals surface area contributed by atoms with E-state index < -0.39 is 32.5 Å². The molecule has 0 aromatic heterocycles. The number of ether oxygens (including phenoxy) is 2. The summed E-state index contributed by atoms with van der Waals surface area (Å²) in [6.45, 7) is 4.10. The molecule has 0 fully saturated rings. The molecule has 0 rings (SSSR count). The van der Waals surface area contributed by atoms with Gasteiger partial charge >= 0.3 is 19.8 Å². The molecule has 0 saturated carbocycles. The second-order valence-corrected chi connectivity index (χ2v) is 24.9. The van der Waals surface area contributed by atoms with Gasteiger partial charge < -0.3 is 18.9 Å². The second-order valence-electron chi connectivity index (χ2n) is 23.4. The third-order valence-corrected chi connectivity index (χ3v) is 14.7. The standard InChI is InChI=1S/C82H126NO8P/c1-6-8-10-12-14-16-18-20-22-24-26-28-30-32-34-36-38-40-41-43-44-46-48-50-52-54-56-58-60-62-64-66-68-70-72-74-81(84)88-78-80(79-90-92(86,87)89-77-76-83(3,4)5)91-82(85)75-73-71-69-67-65-63-61-59-57-55-53-51-49-47-45-42-39-37-35-33-31-29-27-25-23-21-19-17-15-13-11-9-7-2/h8-11,14-17,20-23,26-29,32-35,38-40,42-44,47-50,53-56,59,61,65,67,80H,6-7,12-13,18-19,24-25,30-31,36-37,41,45-46,51-52,57-58,60,62-64,66,68-79H2,1-5H3/p+1/b10-8-,11-9-,16-14-,17-15-,22-20-,23-21-,28-26-,29-27-,34-32-,35-33-,40-38-,42-39-,44-43-,49-47-,50-48-,55-53-,56-54-,61-59-,67-65-. The van der Waals surface area contributed by atoms with E-state index in [2.05, 4.69) is 245 Å². The van der Waals surface area contributed by atoms with E-state index >= 15 is 0 Å². The van der Waals surface area contributed by atoms with Gasteiger partial charge in [0.25, 0.3) is 0 Å². The molecular weight excluding hydrogens is 1160 g/mol. The molecule has 10 heteroatoms. The number of unbranched alkanes of at least 4 members (excludes halogenated alkanes) is 9. The van der Waals surface area contributed by atoms with Crippen LogP contribution in [0.4, 0.5) is 0 Å². The first-order chi connectivity index (χ1) is 45.0. The lowest BCUT2D eigenvalue weighted by Gasteiger charge is -2.24. The number of likely N-dealkylation sites (N-methyl/N-ethyl adjacent to an activating group) is 1. The highest BCUT2D eigenvalue weighted by atomic mass is 31.2. The van der Waals surface area contributed by atoms with E-state index in [-0.39, 0.29) is 26.1 Å². The van der Waals surface area contributed by atoms with Crippen LogP contribution in [-0.4, -0.2) is 74.9 Å². The number of quaternary nitrogens is 1. The number of carbonyl (C=O) groups is 2. The zero-order valence-electron chi connectivity index (χ0n) is 58.2. The van der Waals surface area contributed by atoms with E-state index in [9.17, 15) is 19.0 Å². The highest BCUT2D eigenvalue weighted by Gasteiger charge is 2.27. The average molecular weight is 1290 g/mol. The van der Waals surface area contributed by atoms with Gasteiger partial charge in [-0.3, -0.25) is 18.6 Å². The van der Waals surface area contributed by atoms with E-state index in [0.717, 1.165) is 161 Å². The van der Waals surface area contributed by atoms with E-state index in [4.69, 9.17) is 18.5 Å². The van der Waals surface area contributed by atoms with Crippen molar-refractivity contribution in [3.8, 4) is 0 Å². The van der Waals surface area contributed by atoms with Crippen molar-refractivity contribution in [2.75, 3.05) is 47.5 Å². The van der Waals surface area contributed by atoms with Gasteiger partial charge in [0, 0.05) is 12.8 Å². The zero-order valence-corrected chi connectivity index (χ0v) is 59.1. The number of nitrogens with zero attached hydrogens (tertiary/aromatic N) is 1. The molecule has 1 N–H and O–H groups in total. The number of hydrogen-bond donors (Lipinski definition) is 1. The van der Waals surface area contributed by atoms with Crippen LogP contribution < -0.4 is 0 Å². The minimum atomic E-state index is -4.43. The van der Waals surface area contributed by atoms with Gasteiger partial charge in [0.05, 0.1) is 27.7 Å². The fourth-order valence-corrected chi connectivity index (χ4v) is 9.13. The summed E-state index contributed by atoms with van der Waals surface area (Å²) in [6, 6.07) is 0. The van der Waals surface area contributed by atoms with E-state index in [0.29, 0.717) is 23.9 Å². The molecule has 0 aliphatic carbocycles. The Labute approximate surface area is 562 Å². The fourth-order valence-electron chi connectivity index (χ4n) is 8.39. The summed E-state index contributed by atoms with van der Waals surface area (Å²) in [5, 5.41) is 0. The summed E-state index contributed by atoms with van der Waals surface area (Å²) in [7, 11) is 1.40. The first kappa shape index (κ1) is 86.1. The van der Waals surface area contributed by atoms with E-state index in [1.807, 2.05) is 21.1 Å². The first-order valence-corrected chi connectivity index (χ1v) is 36.6. The maximum Gasteiger partial charge on any atom is 0.472 e. The summed E-state index contributed by atoms with van der Waals surface area (Å²) in [6.07, 6.45) is 113. The smallest absolute Gasteiger partial charge is 0.462 e. The van der Waals surface area contributed by atoms with Crippen LogP contribution >= 0.6 is 7.82 Å². The van der Waals surface area contributed by atoms with Crippen LogP contribution in [0.5, 0.6) is 0 Å². The maximum absolute atomic E-state index is 12.9. The van der Waals surface area contributed by atoms with Crippen LogP contribution in [0.15, 0.2) is 231 Å². The lowest BCUT2D eigenvalue weighted by molar-refractivity contribution is -0.870. The maximum atomic E-state index is 12.9. The summed E-state index contributed by atoms with van der Waals surface area (Å²) >= 11 is 0. The Balaban J connectivity index is 4.27. The van der Waals surface area contributed by atoms with Gasteiger partial charge in [-0.15, -0.1) is 0 Å². The average Bonchev–Trinajstić information content (AvgIpc) is 2.23. The highest BCUT2D eigenvalue weighted by molar-refractivity contribution is 7.47. The minimum Gasteiger partial charge on any atom is -0.462 e.